The first-order chi connectivity index (χ1) is 20.6. The summed E-state index contributed by atoms with van der Waals surface area (Å²) in [5.74, 6) is 1.77. The van der Waals surface area contributed by atoms with E-state index in [-0.39, 0.29) is 0 Å². The van der Waals surface area contributed by atoms with E-state index in [9.17, 15) is 0 Å². The number of aromatic nitrogens is 4. The fourth-order valence-corrected chi connectivity index (χ4v) is 4.49. The molecule has 0 bridgehead atoms. The van der Waals surface area contributed by atoms with Crippen LogP contribution in [0.1, 0.15) is 13.8 Å². The number of aliphatic imine (C=N–C) groups is 2. The van der Waals surface area contributed by atoms with Gasteiger partial charge in [0.15, 0.2) is 11.6 Å². The molecule has 0 atom stereocenters. The predicted octanol–water partition coefficient (Wildman–Crippen LogP) is 6.65. The van der Waals surface area contributed by atoms with E-state index in [2.05, 4.69) is 66.3 Å². The van der Waals surface area contributed by atoms with Gasteiger partial charge in [-0.05, 0) is 46.5 Å². The Morgan fingerprint density at radius 1 is 0.548 bits per heavy atom. The lowest BCUT2D eigenvalue weighted by atomic mass is 10.00. The van der Waals surface area contributed by atoms with E-state index in [4.69, 9.17) is 10.4 Å². The van der Waals surface area contributed by atoms with Crippen LogP contribution in [-0.2, 0) is 0 Å². The van der Waals surface area contributed by atoms with Gasteiger partial charge in [0, 0.05) is 23.5 Å². The highest BCUT2D eigenvalue weighted by atomic mass is 16.5. The molecule has 0 fully saturated rings. The first kappa shape index (κ1) is 28.0. The summed E-state index contributed by atoms with van der Waals surface area (Å²) in [7, 11) is 0. The van der Waals surface area contributed by atoms with Gasteiger partial charge in [0.25, 0.3) is 0 Å². The quantitative estimate of drug-likeness (QED) is 0.107. The van der Waals surface area contributed by atoms with Crippen LogP contribution in [0.15, 0.2) is 120 Å². The third-order valence-electron chi connectivity index (χ3n) is 6.41. The van der Waals surface area contributed by atoms with Crippen molar-refractivity contribution in [2.45, 2.75) is 13.8 Å². The van der Waals surface area contributed by atoms with Gasteiger partial charge in [-0.3, -0.25) is 21.4 Å². The fraction of sp³-hybridized carbons (Fsp3) is 0.0625. The van der Waals surface area contributed by atoms with Crippen molar-refractivity contribution in [2.24, 2.45) is 9.98 Å². The molecule has 6 aromatic rings. The summed E-state index contributed by atoms with van der Waals surface area (Å²) in [4.78, 5) is 25.1. The van der Waals surface area contributed by atoms with Crippen LogP contribution in [0.3, 0.4) is 0 Å². The SMILES string of the molecule is CC(=Nc1ncncc1-c1cccc2ccccc12)NO.CC(=Nc1ncncc1-c1cccc2ccccc12)NO. The second kappa shape index (κ2) is 13.2. The molecule has 6 rings (SSSR count). The molecule has 0 radical (unpaired) electrons. The van der Waals surface area contributed by atoms with Gasteiger partial charge < -0.3 is 0 Å². The number of hydrogen-bond acceptors (Lipinski definition) is 8. The van der Waals surface area contributed by atoms with Gasteiger partial charge in [-0.15, -0.1) is 0 Å². The molecule has 0 saturated heterocycles. The number of nitrogens with zero attached hydrogens (tertiary/aromatic N) is 6. The van der Waals surface area contributed by atoms with Crippen LogP contribution in [0.25, 0.3) is 43.8 Å². The van der Waals surface area contributed by atoms with Crippen molar-refractivity contribution < 1.29 is 10.4 Å². The zero-order valence-corrected chi connectivity index (χ0v) is 23.0. The Balaban J connectivity index is 0.000000168. The molecule has 0 saturated carbocycles. The highest BCUT2D eigenvalue weighted by Crippen LogP contribution is 2.34. The van der Waals surface area contributed by atoms with Gasteiger partial charge in [0.2, 0.25) is 0 Å². The van der Waals surface area contributed by atoms with E-state index in [1.54, 1.807) is 26.2 Å². The van der Waals surface area contributed by atoms with E-state index < -0.39 is 0 Å². The highest BCUT2D eigenvalue weighted by Gasteiger charge is 2.11. The van der Waals surface area contributed by atoms with Gasteiger partial charge >= 0.3 is 0 Å². The lowest BCUT2D eigenvalue weighted by Crippen LogP contribution is -2.14. The van der Waals surface area contributed by atoms with Crippen molar-refractivity contribution in [3.05, 3.63) is 110 Å². The maximum absolute atomic E-state index is 8.91. The Hall–Kier alpha value is -5.58. The van der Waals surface area contributed by atoms with E-state index in [0.717, 1.165) is 43.8 Å². The molecule has 0 spiro atoms. The molecule has 208 valence electrons. The maximum atomic E-state index is 8.91. The Bertz CT molecular complexity index is 1760. The van der Waals surface area contributed by atoms with E-state index in [0.29, 0.717) is 23.3 Å². The number of amidine groups is 2. The molecule has 42 heavy (non-hydrogen) atoms. The van der Waals surface area contributed by atoms with Gasteiger partial charge in [0.1, 0.15) is 24.3 Å². The van der Waals surface area contributed by atoms with Crippen molar-refractivity contribution in [1.82, 2.24) is 30.9 Å². The summed E-state index contributed by atoms with van der Waals surface area (Å²) in [5.41, 5.74) is 7.71. The average Bonchev–Trinajstić information content (AvgIpc) is 3.05. The minimum absolute atomic E-state index is 0.371. The molecule has 2 heterocycles. The molecule has 0 unspecified atom stereocenters. The first-order valence-electron chi connectivity index (χ1n) is 13.1. The van der Waals surface area contributed by atoms with Gasteiger partial charge in [-0.1, -0.05) is 84.9 Å². The normalized spacial score (nSPS) is 11.6. The van der Waals surface area contributed by atoms with Crippen LogP contribution in [0.5, 0.6) is 0 Å². The molecule has 4 aromatic carbocycles. The van der Waals surface area contributed by atoms with Crippen molar-refractivity contribution in [3.63, 3.8) is 0 Å². The Morgan fingerprint density at radius 3 is 1.38 bits per heavy atom. The Morgan fingerprint density at radius 2 is 0.952 bits per heavy atom. The van der Waals surface area contributed by atoms with Crippen LogP contribution in [-0.4, -0.2) is 42.0 Å². The number of fused-ring (bicyclic) bond motifs is 2. The summed E-state index contributed by atoms with van der Waals surface area (Å²) in [6.07, 6.45) is 6.35. The van der Waals surface area contributed by atoms with Crippen LogP contribution in [0.4, 0.5) is 11.6 Å². The number of benzene rings is 4. The standard InChI is InChI=1S/2C16H14N4O/c2*1-11(20-21)19-16-15(9-17-10-18-16)14-8-4-6-12-5-2-3-7-13(12)14/h2*2-10,21H,1H3,(H,17,18,19,20). The predicted molar refractivity (Wildman–Crippen MR) is 165 cm³/mol. The number of hydroxylamine groups is 2. The molecule has 0 aliphatic heterocycles. The van der Waals surface area contributed by atoms with E-state index in [1.807, 2.05) is 59.5 Å². The van der Waals surface area contributed by atoms with E-state index >= 15 is 0 Å². The Labute approximate surface area is 242 Å². The van der Waals surface area contributed by atoms with Crippen molar-refractivity contribution in [1.29, 1.82) is 0 Å². The van der Waals surface area contributed by atoms with Crippen molar-refractivity contribution in [2.75, 3.05) is 0 Å². The van der Waals surface area contributed by atoms with Gasteiger partial charge in [-0.25, -0.2) is 29.9 Å². The third kappa shape index (κ3) is 6.25. The van der Waals surface area contributed by atoms with Gasteiger partial charge in [-0.2, -0.15) is 0 Å². The van der Waals surface area contributed by atoms with Crippen LogP contribution in [0.2, 0.25) is 0 Å². The molecule has 0 aliphatic carbocycles. The Kier molecular flexibility index (Phi) is 8.78. The topological polar surface area (TPSA) is 141 Å². The lowest BCUT2D eigenvalue weighted by Gasteiger charge is -2.08. The van der Waals surface area contributed by atoms with E-state index in [1.165, 1.54) is 12.7 Å². The molecular weight excluding hydrogens is 528 g/mol. The summed E-state index contributed by atoms with van der Waals surface area (Å²) in [6, 6.07) is 28.4. The largest absolute Gasteiger partial charge is 0.290 e. The van der Waals surface area contributed by atoms with Crippen LogP contribution < -0.4 is 11.0 Å². The number of nitrogens with one attached hydrogen (secondary N) is 2. The molecule has 2 aromatic heterocycles. The summed E-state index contributed by atoms with van der Waals surface area (Å²) in [5, 5.41) is 22.3. The van der Waals surface area contributed by atoms with Crippen LogP contribution >= 0.6 is 0 Å². The molecule has 0 amide bonds. The van der Waals surface area contributed by atoms with Crippen molar-refractivity contribution in [3.8, 4) is 22.3 Å². The maximum Gasteiger partial charge on any atom is 0.165 e. The second-order valence-electron chi connectivity index (χ2n) is 9.19. The zero-order valence-electron chi connectivity index (χ0n) is 23.0. The zero-order chi connectivity index (χ0) is 29.3. The molecular formula is C32H28N8O2. The summed E-state index contributed by atoms with van der Waals surface area (Å²) < 4.78 is 0. The molecule has 10 heteroatoms. The molecule has 10 nitrogen and oxygen atoms in total. The molecule has 0 aliphatic rings. The number of hydrogen-bond donors (Lipinski definition) is 4. The minimum Gasteiger partial charge on any atom is -0.290 e. The summed E-state index contributed by atoms with van der Waals surface area (Å²) in [6.45, 7) is 3.32. The monoisotopic (exact) mass is 556 g/mol. The number of rotatable bonds is 4. The first-order valence-corrected chi connectivity index (χ1v) is 13.1. The fourth-order valence-electron chi connectivity index (χ4n) is 4.49. The summed E-state index contributed by atoms with van der Waals surface area (Å²) >= 11 is 0. The van der Waals surface area contributed by atoms with Crippen molar-refractivity contribution >= 4 is 44.9 Å². The van der Waals surface area contributed by atoms with Gasteiger partial charge in [0.05, 0.1) is 0 Å². The lowest BCUT2D eigenvalue weighted by molar-refractivity contribution is 0.233. The minimum atomic E-state index is 0.371. The second-order valence-corrected chi connectivity index (χ2v) is 9.19. The highest BCUT2D eigenvalue weighted by molar-refractivity contribution is 6.00. The smallest absolute Gasteiger partial charge is 0.165 e. The van der Waals surface area contributed by atoms with Crippen LogP contribution in [0, 0.1) is 0 Å². The molecule has 4 N–H and O–H groups in total. The third-order valence-corrected chi connectivity index (χ3v) is 6.41. The average molecular weight is 557 g/mol.